The molecule has 0 aliphatic heterocycles. The van der Waals surface area contributed by atoms with Crippen molar-refractivity contribution in [2.24, 2.45) is 0 Å². The fourth-order valence-electron chi connectivity index (χ4n) is 2.40. The Balaban J connectivity index is 1.63. The maximum absolute atomic E-state index is 11.5. The van der Waals surface area contributed by atoms with Crippen molar-refractivity contribution in [2.45, 2.75) is 6.54 Å². The van der Waals surface area contributed by atoms with Crippen LogP contribution in [0, 0.1) is 0 Å². The van der Waals surface area contributed by atoms with Crippen LogP contribution in [0.3, 0.4) is 0 Å². The Morgan fingerprint density at radius 1 is 1.00 bits per heavy atom. The lowest BCUT2D eigenvalue weighted by Gasteiger charge is -2.10. The minimum absolute atomic E-state index is 0.346. The molecule has 0 heterocycles. The summed E-state index contributed by atoms with van der Waals surface area (Å²) in [6.07, 6.45) is 0. The number of hydrogen-bond donors (Lipinski definition) is 1. The van der Waals surface area contributed by atoms with Crippen LogP contribution in [0.5, 0.6) is 11.5 Å². The lowest BCUT2D eigenvalue weighted by molar-refractivity contribution is 0.0600. The largest absolute Gasteiger partial charge is 0.465 e. The molecule has 0 radical (unpaired) electrons. The molecule has 3 aromatic rings. The zero-order valence-corrected chi connectivity index (χ0v) is 15.0. The minimum Gasteiger partial charge on any atom is -0.465 e. The number of anilines is 1. The molecule has 0 amide bonds. The van der Waals surface area contributed by atoms with Gasteiger partial charge in [0.05, 0.1) is 17.7 Å². The van der Waals surface area contributed by atoms with E-state index in [9.17, 15) is 4.79 Å². The summed E-state index contributed by atoms with van der Waals surface area (Å²) < 4.78 is 10.5. The molecule has 0 saturated carbocycles. The highest BCUT2D eigenvalue weighted by atomic mass is 35.5. The number of carbonyl (C=O) groups excluding carboxylic acids is 1. The third kappa shape index (κ3) is 4.55. The summed E-state index contributed by atoms with van der Waals surface area (Å²) >= 11 is 6.18. The molecule has 3 rings (SSSR count). The molecule has 0 aliphatic rings. The predicted molar refractivity (Wildman–Crippen MR) is 103 cm³/mol. The Morgan fingerprint density at radius 2 is 1.73 bits per heavy atom. The number of benzene rings is 3. The molecular weight excluding hydrogens is 350 g/mol. The Hall–Kier alpha value is -2.98. The molecule has 0 atom stereocenters. The fraction of sp³-hybridized carbons (Fsp3) is 0.0952. The van der Waals surface area contributed by atoms with Crippen LogP contribution in [0.4, 0.5) is 5.69 Å². The topological polar surface area (TPSA) is 47.6 Å². The lowest BCUT2D eigenvalue weighted by atomic mass is 10.2. The number of methoxy groups -OCH3 is 1. The number of halogens is 1. The summed E-state index contributed by atoms with van der Waals surface area (Å²) in [7, 11) is 1.33. The van der Waals surface area contributed by atoms with Crippen LogP contribution < -0.4 is 10.1 Å². The molecule has 132 valence electrons. The Morgan fingerprint density at radius 3 is 2.38 bits per heavy atom. The molecule has 0 saturated heterocycles. The summed E-state index contributed by atoms with van der Waals surface area (Å²) in [4.78, 5) is 11.5. The van der Waals surface area contributed by atoms with Gasteiger partial charge in [0.1, 0.15) is 11.5 Å². The Kier molecular flexibility index (Phi) is 5.77. The second-order valence-corrected chi connectivity index (χ2v) is 6.01. The normalized spacial score (nSPS) is 10.2. The van der Waals surface area contributed by atoms with E-state index < -0.39 is 5.97 Å². The number of hydrogen-bond acceptors (Lipinski definition) is 4. The Bertz CT molecular complexity index is 880. The maximum atomic E-state index is 11.5. The molecule has 26 heavy (non-hydrogen) atoms. The molecule has 0 bridgehead atoms. The molecule has 0 aliphatic carbocycles. The van der Waals surface area contributed by atoms with Crippen LogP contribution in [0.15, 0.2) is 72.8 Å². The summed E-state index contributed by atoms with van der Waals surface area (Å²) in [5.74, 6) is 0.694. The zero-order valence-electron chi connectivity index (χ0n) is 14.2. The minimum atomic E-state index is -0.438. The van der Waals surface area contributed by atoms with Crippen molar-refractivity contribution >= 4 is 23.3 Å². The third-order valence-electron chi connectivity index (χ3n) is 3.77. The summed E-state index contributed by atoms with van der Waals surface area (Å²) in [5.41, 5.74) is 2.59. The van der Waals surface area contributed by atoms with E-state index in [1.165, 1.54) is 18.7 Å². The number of ether oxygens (including phenoxy) is 2. The van der Waals surface area contributed by atoms with Gasteiger partial charge in [0.25, 0.3) is 0 Å². The van der Waals surface area contributed by atoms with Crippen LogP contribution in [-0.2, 0) is 11.3 Å². The lowest BCUT2D eigenvalue weighted by Crippen LogP contribution is -2.01. The first kappa shape index (κ1) is 17.8. The van der Waals surface area contributed by atoms with Gasteiger partial charge in [-0.15, -0.1) is 0 Å². The summed E-state index contributed by atoms with van der Waals surface area (Å²) in [6, 6.07) is 22.6. The van der Waals surface area contributed by atoms with Crippen molar-refractivity contribution in [3.8, 4) is 11.5 Å². The van der Waals surface area contributed by atoms with Crippen molar-refractivity contribution in [3.05, 3.63) is 88.9 Å². The van der Waals surface area contributed by atoms with Gasteiger partial charge in [0.15, 0.2) is 0 Å². The first-order chi connectivity index (χ1) is 12.7. The first-order valence-electron chi connectivity index (χ1n) is 8.09. The number of esters is 1. The quantitative estimate of drug-likeness (QED) is 0.582. The number of carbonyl (C=O) groups is 1. The van der Waals surface area contributed by atoms with Gasteiger partial charge in [-0.05, 0) is 48.0 Å². The van der Waals surface area contributed by atoms with Gasteiger partial charge in [-0.2, -0.15) is 0 Å². The van der Waals surface area contributed by atoms with E-state index in [0.29, 0.717) is 22.1 Å². The van der Waals surface area contributed by atoms with Crippen LogP contribution in [0.2, 0.25) is 5.02 Å². The molecule has 3 aromatic carbocycles. The van der Waals surface area contributed by atoms with Gasteiger partial charge >= 0.3 is 5.97 Å². The standard InChI is InChI=1S/C21H18ClNO3/c1-25-21(24)16-7-12-20(19(22)13-16)26-18-10-8-17(9-11-18)23-14-15-5-3-2-4-6-15/h2-13,23H,14H2,1H3. The molecule has 1 N–H and O–H groups in total. The highest BCUT2D eigenvalue weighted by Crippen LogP contribution is 2.31. The predicted octanol–water partition coefficient (Wildman–Crippen LogP) is 5.53. The molecule has 0 fully saturated rings. The molecule has 4 nitrogen and oxygen atoms in total. The van der Waals surface area contributed by atoms with Gasteiger partial charge in [-0.25, -0.2) is 4.79 Å². The van der Waals surface area contributed by atoms with Crippen molar-refractivity contribution in [1.29, 1.82) is 0 Å². The summed E-state index contributed by atoms with van der Waals surface area (Å²) in [5, 5.41) is 3.70. The highest BCUT2D eigenvalue weighted by Gasteiger charge is 2.10. The molecule has 0 unspecified atom stereocenters. The van der Waals surface area contributed by atoms with Crippen LogP contribution in [-0.4, -0.2) is 13.1 Å². The Labute approximate surface area is 157 Å². The molecule has 5 heteroatoms. The second-order valence-electron chi connectivity index (χ2n) is 5.60. The number of rotatable bonds is 6. The zero-order chi connectivity index (χ0) is 18.4. The van der Waals surface area contributed by atoms with Crippen LogP contribution >= 0.6 is 11.6 Å². The third-order valence-corrected chi connectivity index (χ3v) is 4.07. The smallest absolute Gasteiger partial charge is 0.337 e. The van der Waals surface area contributed by atoms with Gasteiger partial charge in [-0.3, -0.25) is 0 Å². The number of nitrogens with one attached hydrogen (secondary N) is 1. The van der Waals surface area contributed by atoms with Crippen molar-refractivity contribution in [3.63, 3.8) is 0 Å². The average Bonchev–Trinajstić information content (AvgIpc) is 2.69. The van der Waals surface area contributed by atoms with E-state index in [1.54, 1.807) is 12.1 Å². The van der Waals surface area contributed by atoms with E-state index in [-0.39, 0.29) is 0 Å². The van der Waals surface area contributed by atoms with E-state index in [4.69, 9.17) is 16.3 Å². The molecule has 0 aromatic heterocycles. The van der Waals surface area contributed by atoms with Gasteiger partial charge < -0.3 is 14.8 Å². The van der Waals surface area contributed by atoms with Crippen molar-refractivity contribution in [1.82, 2.24) is 0 Å². The highest BCUT2D eigenvalue weighted by molar-refractivity contribution is 6.32. The molecular formula is C21H18ClNO3. The van der Waals surface area contributed by atoms with E-state index in [0.717, 1.165) is 12.2 Å². The monoisotopic (exact) mass is 367 g/mol. The van der Waals surface area contributed by atoms with E-state index >= 15 is 0 Å². The SMILES string of the molecule is COC(=O)c1ccc(Oc2ccc(NCc3ccccc3)cc2)c(Cl)c1. The molecule has 0 spiro atoms. The maximum Gasteiger partial charge on any atom is 0.337 e. The summed E-state index contributed by atoms with van der Waals surface area (Å²) in [6.45, 7) is 0.752. The van der Waals surface area contributed by atoms with Crippen molar-refractivity contribution in [2.75, 3.05) is 12.4 Å². The van der Waals surface area contributed by atoms with Crippen LogP contribution in [0.25, 0.3) is 0 Å². The van der Waals surface area contributed by atoms with Gasteiger partial charge in [-0.1, -0.05) is 41.9 Å². The van der Waals surface area contributed by atoms with Gasteiger partial charge in [0, 0.05) is 12.2 Å². The van der Waals surface area contributed by atoms with E-state index in [1.807, 2.05) is 42.5 Å². The average molecular weight is 368 g/mol. The fourth-order valence-corrected chi connectivity index (χ4v) is 2.62. The van der Waals surface area contributed by atoms with Crippen molar-refractivity contribution < 1.29 is 14.3 Å². The van der Waals surface area contributed by atoms with Crippen LogP contribution in [0.1, 0.15) is 15.9 Å². The second kappa shape index (κ2) is 8.41. The first-order valence-corrected chi connectivity index (χ1v) is 8.47. The van der Waals surface area contributed by atoms with Gasteiger partial charge in [0.2, 0.25) is 0 Å². The van der Waals surface area contributed by atoms with E-state index in [2.05, 4.69) is 22.2 Å².